The van der Waals surface area contributed by atoms with Gasteiger partial charge in [-0.1, -0.05) is 23.7 Å². The molecule has 0 saturated carbocycles. The molecule has 130 valence electrons. The molecule has 0 radical (unpaired) electrons. The van der Waals surface area contributed by atoms with Gasteiger partial charge in [0, 0.05) is 0 Å². The first kappa shape index (κ1) is 18.5. The van der Waals surface area contributed by atoms with Crippen LogP contribution in [-0.4, -0.2) is 18.6 Å². The minimum atomic E-state index is -3.01. The summed E-state index contributed by atoms with van der Waals surface area (Å²) < 4.78 is 34.6. The zero-order chi connectivity index (χ0) is 18.4. The van der Waals surface area contributed by atoms with E-state index in [1.54, 1.807) is 6.07 Å². The number of benzene rings is 2. The van der Waals surface area contributed by atoms with Gasteiger partial charge in [-0.3, -0.25) is 4.79 Å². The molecule has 0 unspecified atom stereocenters. The van der Waals surface area contributed by atoms with Crippen molar-refractivity contribution in [3.05, 3.63) is 53.1 Å². The molecule has 1 amide bonds. The number of nitrogens with zero attached hydrogens (tertiary/aromatic N) is 1. The van der Waals surface area contributed by atoms with Crippen molar-refractivity contribution in [1.82, 2.24) is 0 Å². The van der Waals surface area contributed by atoms with Gasteiger partial charge in [0.1, 0.15) is 11.5 Å². The minimum absolute atomic E-state index is 0.0918. The summed E-state index contributed by atoms with van der Waals surface area (Å²) in [6, 6.07) is 12.1. The Hall–Kier alpha value is -2.85. The number of hydrogen-bond acceptors (Lipinski definition) is 4. The Bertz CT molecular complexity index is 809. The van der Waals surface area contributed by atoms with E-state index in [-0.39, 0.29) is 22.2 Å². The molecular formula is C17H13ClF2N2O3. The Balaban J connectivity index is 2.07. The van der Waals surface area contributed by atoms with Crippen molar-refractivity contribution in [2.45, 2.75) is 19.6 Å². The number of ether oxygens (including phenoxy) is 2. The zero-order valence-corrected chi connectivity index (χ0v) is 13.8. The van der Waals surface area contributed by atoms with Crippen molar-refractivity contribution < 1.29 is 23.0 Å². The van der Waals surface area contributed by atoms with Crippen LogP contribution in [0.15, 0.2) is 42.5 Å². The Morgan fingerprint density at radius 2 is 1.92 bits per heavy atom. The average molecular weight is 367 g/mol. The normalized spacial score (nSPS) is 11.5. The van der Waals surface area contributed by atoms with Gasteiger partial charge in [0.2, 0.25) is 0 Å². The lowest BCUT2D eigenvalue weighted by Gasteiger charge is -2.17. The Morgan fingerprint density at radius 1 is 1.20 bits per heavy atom. The van der Waals surface area contributed by atoms with E-state index in [0.717, 1.165) is 0 Å². The third-order valence-electron chi connectivity index (χ3n) is 3.09. The van der Waals surface area contributed by atoms with Crippen molar-refractivity contribution in [3.8, 4) is 17.6 Å². The summed E-state index contributed by atoms with van der Waals surface area (Å²) in [7, 11) is 0. The Labute approximate surface area is 147 Å². The molecule has 0 aliphatic heterocycles. The van der Waals surface area contributed by atoms with Crippen molar-refractivity contribution in [1.29, 1.82) is 5.26 Å². The summed E-state index contributed by atoms with van der Waals surface area (Å²) in [4.78, 5) is 12.2. The quantitative estimate of drug-likeness (QED) is 0.830. The molecule has 0 heterocycles. The van der Waals surface area contributed by atoms with E-state index in [9.17, 15) is 13.6 Å². The van der Waals surface area contributed by atoms with Crippen LogP contribution in [0.4, 0.5) is 14.5 Å². The molecular weight excluding hydrogens is 354 g/mol. The highest BCUT2D eigenvalue weighted by atomic mass is 35.5. The molecule has 0 bridgehead atoms. The lowest BCUT2D eigenvalue weighted by Crippen LogP contribution is -2.30. The SMILES string of the molecule is C[C@@H](Oc1ccc(C#N)cc1Cl)C(=O)Nc1ccccc1OC(F)F. The summed E-state index contributed by atoms with van der Waals surface area (Å²) in [5, 5.41) is 11.4. The fraction of sp³-hybridized carbons (Fsp3) is 0.176. The number of nitrogens with one attached hydrogen (secondary N) is 1. The second-order valence-corrected chi connectivity index (χ2v) is 5.29. The van der Waals surface area contributed by atoms with Crippen molar-refractivity contribution in [3.63, 3.8) is 0 Å². The van der Waals surface area contributed by atoms with E-state index in [2.05, 4.69) is 10.1 Å². The molecule has 0 fully saturated rings. The van der Waals surface area contributed by atoms with Crippen LogP contribution in [0.25, 0.3) is 0 Å². The Morgan fingerprint density at radius 3 is 2.56 bits per heavy atom. The van der Waals surface area contributed by atoms with E-state index in [1.807, 2.05) is 6.07 Å². The van der Waals surface area contributed by atoms with E-state index >= 15 is 0 Å². The number of rotatable bonds is 6. The van der Waals surface area contributed by atoms with E-state index in [4.69, 9.17) is 21.6 Å². The molecule has 0 saturated heterocycles. The van der Waals surface area contributed by atoms with Crippen LogP contribution in [0.3, 0.4) is 0 Å². The summed E-state index contributed by atoms with van der Waals surface area (Å²) in [5.41, 5.74) is 0.446. The standard InChI is InChI=1S/C17H13ClF2N2O3/c1-10(24-14-7-6-11(9-21)8-12(14)18)16(23)22-13-4-2-3-5-15(13)25-17(19)20/h2-8,10,17H,1H3,(H,22,23)/t10-/m1/s1. The molecule has 25 heavy (non-hydrogen) atoms. The van der Waals surface area contributed by atoms with Gasteiger partial charge in [0.15, 0.2) is 6.10 Å². The predicted molar refractivity (Wildman–Crippen MR) is 88.0 cm³/mol. The number of carbonyl (C=O) groups is 1. The molecule has 5 nitrogen and oxygen atoms in total. The van der Waals surface area contributed by atoms with Crippen LogP contribution >= 0.6 is 11.6 Å². The number of amides is 1. The molecule has 1 N–H and O–H groups in total. The van der Waals surface area contributed by atoms with Crippen LogP contribution in [0.5, 0.6) is 11.5 Å². The van der Waals surface area contributed by atoms with Gasteiger partial charge in [-0.25, -0.2) is 0 Å². The number of carbonyl (C=O) groups excluding carboxylic acids is 1. The molecule has 0 aromatic heterocycles. The fourth-order valence-corrected chi connectivity index (χ4v) is 2.14. The van der Waals surface area contributed by atoms with Gasteiger partial charge in [0.05, 0.1) is 22.3 Å². The topological polar surface area (TPSA) is 71.3 Å². The largest absolute Gasteiger partial charge is 0.479 e. The Kier molecular flexibility index (Phi) is 6.14. The smallest absolute Gasteiger partial charge is 0.387 e. The lowest BCUT2D eigenvalue weighted by atomic mass is 10.2. The number of alkyl halides is 2. The number of nitriles is 1. The number of halogens is 3. The van der Waals surface area contributed by atoms with E-state index in [1.165, 1.54) is 43.3 Å². The minimum Gasteiger partial charge on any atom is -0.479 e. The highest BCUT2D eigenvalue weighted by molar-refractivity contribution is 6.32. The average Bonchev–Trinajstić information content (AvgIpc) is 2.57. The van der Waals surface area contributed by atoms with Gasteiger partial charge in [0.25, 0.3) is 5.91 Å². The first-order valence-electron chi connectivity index (χ1n) is 7.11. The van der Waals surface area contributed by atoms with Gasteiger partial charge in [-0.15, -0.1) is 0 Å². The van der Waals surface area contributed by atoms with Crippen molar-refractivity contribution in [2.75, 3.05) is 5.32 Å². The number of hydrogen-bond donors (Lipinski definition) is 1. The van der Waals surface area contributed by atoms with Crippen LogP contribution in [0.2, 0.25) is 5.02 Å². The fourth-order valence-electron chi connectivity index (χ4n) is 1.91. The van der Waals surface area contributed by atoms with Gasteiger partial charge < -0.3 is 14.8 Å². The second-order valence-electron chi connectivity index (χ2n) is 4.88. The third kappa shape index (κ3) is 5.06. The zero-order valence-electron chi connectivity index (χ0n) is 13.0. The van der Waals surface area contributed by atoms with Crippen molar-refractivity contribution in [2.24, 2.45) is 0 Å². The molecule has 2 aromatic carbocycles. The van der Waals surface area contributed by atoms with Gasteiger partial charge >= 0.3 is 6.61 Å². The summed E-state index contributed by atoms with van der Waals surface area (Å²) in [6.45, 7) is -1.54. The highest BCUT2D eigenvalue weighted by Crippen LogP contribution is 2.28. The molecule has 1 atom stereocenters. The monoisotopic (exact) mass is 366 g/mol. The van der Waals surface area contributed by atoms with Crippen LogP contribution in [0, 0.1) is 11.3 Å². The van der Waals surface area contributed by atoms with Crippen molar-refractivity contribution >= 4 is 23.2 Å². The van der Waals surface area contributed by atoms with E-state index in [0.29, 0.717) is 5.56 Å². The highest BCUT2D eigenvalue weighted by Gasteiger charge is 2.19. The summed E-state index contributed by atoms with van der Waals surface area (Å²) >= 11 is 5.99. The number of anilines is 1. The molecule has 2 rings (SSSR count). The van der Waals surface area contributed by atoms with Crippen LogP contribution in [-0.2, 0) is 4.79 Å². The molecule has 0 aliphatic rings. The molecule has 0 spiro atoms. The maximum absolute atomic E-state index is 12.4. The predicted octanol–water partition coefficient (Wildman–Crippen LogP) is 4.22. The van der Waals surface area contributed by atoms with E-state index < -0.39 is 18.6 Å². The lowest BCUT2D eigenvalue weighted by molar-refractivity contribution is -0.122. The maximum Gasteiger partial charge on any atom is 0.387 e. The first-order valence-corrected chi connectivity index (χ1v) is 7.49. The first-order chi connectivity index (χ1) is 11.9. The summed E-state index contributed by atoms with van der Waals surface area (Å²) in [6.07, 6.45) is -0.968. The van der Waals surface area contributed by atoms with Gasteiger partial charge in [-0.2, -0.15) is 14.0 Å². The third-order valence-corrected chi connectivity index (χ3v) is 3.39. The number of para-hydroxylation sites is 2. The summed E-state index contributed by atoms with van der Waals surface area (Å²) in [5.74, 6) is -0.513. The van der Waals surface area contributed by atoms with Gasteiger partial charge in [-0.05, 0) is 37.3 Å². The molecule has 8 heteroatoms. The van der Waals surface area contributed by atoms with Crippen LogP contribution < -0.4 is 14.8 Å². The molecule has 0 aliphatic carbocycles. The second kappa shape index (κ2) is 8.31. The molecule has 2 aromatic rings. The van der Waals surface area contributed by atoms with Crippen LogP contribution in [0.1, 0.15) is 12.5 Å². The maximum atomic E-state index is 12.4.